The topological polar surface area (TPSA) is 88.2 Å². The fourth-order valence-electron chi connectivity index (χ4n) is 3.16. The monoisotopic (exact) mass is 418 g/mol. The lowest BCUT2D eigenvalue weighted by atomic mass is 10.1. The van der Waals surface area contributed by atoms with Gasteiger partial charge in [0, 0.05) is 30.3 Å². The SMILES string of the molecule is N#CCCN(C(=O)Cn1cnc2ccc(Br)cc2c1=O)C1CCOCC1. The van der Waals surface area contributed by atoms with Gasteiger partial charge in [-0.3, -0.25) is 14.2 Å². The van der Waals surface area contributed by atoms with Crippen molar-refractivity contribution in [3.05, 3.63) is 39.4 Å². The molecule has 8 heteroatoms. The molecule has 0 saturated carbocycles. The van der Waals surface area contributed by atoms with Crippen LogP contribution in [0.4, 0.5) is 0 Å². The lowest BCUT2D eigenvalue weighted by Crippen LogP contribution is -2.46. The van der Waals surface area contributed by atoms with Crippen molar-refractivity contribution in [2.24, 2.45) is 0 Å². The van der Waals surface area contributed by atoms with Crippen LogP contribution in [0.15, 0.2) is 33.8 Å². The maximum Gasteiger partial charge on any atom is 0.261 e. The van der Waals surface area contributed by atoms with Crippen molar-refractivity contribution in [3.8, 4) is 6.07 Å². The summed E-state index contributed by atoms with van der Waals surface area (Å²) in [5.74, 6) is -0.176. The zero-order chi connectivity index (χ0) is 18.5. The molecular weight excluding hydrogens is 400 g/mol. The minimum absolute atomic E-state index is 0.0443. The normalized spacial score (nSPS) is 14.9. The van der Waals surface area contributed by atoms with Crippen LogP contribution in [0, 0.1) is 11.3 Å². The highest BCUT2D eigenvalue weighted by atomic mass is 79.9. The van der Waals surface area contributed by atoms with E-state index < -0.39 is 0 Å². The highest BCUT2D eigenvalue weighted by Crippen LogP contribution is 2.17. The molecule has 1 aromatic carbocycles. The van der Waals surface area contributed by atoms with Gasteiger partial charge in [0.05, 0.1) is 29.7 Å². The second kappa shape index (κ2) is 8.43. The molecule has 1 aliphatic heterocycles. The van der Waals surface area contributed by atoms with Crippen molar-refractivity contribution in [2.45, 2.75) is 31.8 Å². The van der Waals surface area contributed by atoms with Crippen molar-refractivity contribution < 1.29 is 9.53 Å². The largest absolute Gasteiger partial charge is 0.381 e. The van der Waals surface area contributed by atoms with Gasteiger partial charge >= 0.3 is 0 Å². The summed E-state index contributed by atoms with van der Waals surface area (Å²) in [6.07, 6.45) is 3.16. The van der Waals surface area contributed by atoms with Gasteiger partial charge in [0.1, 0.15) is 6.54 Å². The molecule has 0 unspecified atom stereocenters. The van der Waals surface area contributed by atoms with Crippen LogP contribution in [0.3, 0.4) is 0 Å². The second-order valence-corrected chi connectivity index (χ2v) is 7.09. The molecule has 2 aromatic rings. The number of hydrogen-bond donors (Lipinski definition) is 0. The van der Waals surface area contributed by atoms with Gasteiger partial charge < -0.3 is 9.64 Å². The average molecular weight is 419 g/mol. The Labute approximate surface area is 159 Å². The van der Waals surface area contributed by atoms with E-state index in [0.717, 1.165) is 17.3 Å². The minimum Gasteiger partial charge on any atom is -0.381 e. The number of benzene rings is 1. The summed E-state index contributed by atoms with van der Waals surface area (Å²) in [5.41, 5.74) is 0.338. The van der Waals surface area contributed by atoms with Crippen LogP contribution in [0.1, 0.15) is 19.3 Å². The first-order valence-corrected chi connectivity index (χ1v) is 9.28. The number of hydrogen-bond acceptors (Lipinski definition) is 5. The highest BCUT2D eigenvalue weighted by molar-refractivity contribution is 9.10. The molecule has 3 rings (SSSR count). The molecule has 0 atom stereocenters. The van der Waals surface area contributed by atoms with Gasteiger partial charge in [0.25, 0.3) is 5.56 Å². The van der Waals surface area contributed by atoms with E-state index in [1.165, 1.54) is 10.9 Å². The van der Waals surface area contributed by atoms with E-state index in [1.807, 2.05) is 6.07 Å². The third kappa shape index (κ3) is 4.11. The van der Waals surface area contributed by atoms with Gasteiger partial charge in [0.2, 0.25) is 5.91 Å². The number of ether oxygens (including phenoxy) is 1. The van der Waals surface area contributed by atoms with Crippen molar-refractivity contribution >= 4 is 32.7 Å². The number of amides is 1. The Morgan fingerprint density at radius 1 is 1.42 bits per heavy atom. The van der Waals surface area contributed by atoms with Gasteiger partial charge in [-0.25, -0.2) is 4.98 Å². The molecule has 1 aromatic heterocycles. The maximum absolute atomic E-state index is 12.9. The first-order chi connectivity index (χ1) is 12.6. The molecule has 136 valence electrons. The summed E-state index contributed by atoms with van der Waals surface area (Å²) in [7, 11) is 0. The molecule has 7 nitrogen and oxygen atoms in total. The number of carbonyl (C=O) groups excluding carboxylic acids is 1. The summed E-state index contributed by atoms with van der Waals surface area (Å²) in [6.45, 7) is 1.48. The number of carbonyl (C=O) groups is 1. The predicted molar refractivity (Wildman–Crippen MR) is 99.5 cm³/mol. The number of nitrogens with zero attached hydrogens (tertiary/aromatic N) is 4. The summed E-state index contributed by atoms with van der Waals surface area (Å²) in [4.78, 5) is 31.5. The summed E-state index contributed by atoms with van der Waals surface area (Å²) in [6, 6.07) is 7.41. The molecule has 0 bridgehead atoms. The van der Waals surface area contributed by atoms with Crippen LogP contribution >= 0.6 is 15.9 Å². The van der Waals surface area contributed by atoms with Crippen LogP contribution in [0.5, 0.6) is 0 Å². The minimum atomic E-state index is -0.253. The molecule has 26 heavy (non-hydrogen) atoms. The van der Waals surface area contributed by atoms with E-state index in [1.54, 1.807) is 17.0 Å². The third-order valence-corrected chi connectivity index (χ3v) is 5.00. The van der Waals surface area contributed by atoms with Gasteiger partial charge in [-0.05, 0) is 31.0 Å². The smallest absolute Gasteiger partial charge is 0.261 e. The lowest BCUT2D eigenvalue weighted by Gasteiger charge is -2.34. The Balaban J connectivity index is 1.84. The van der Waals surface area contributed by atoms with E-state index in [4.69, 9.17) is 10.00 Å². The first kappa shape index (κ1) is 18.5. The third-order valence-electron chi connectivity index (χ3n) is 4.51. The van der Waals surface area contributed by atoms with Crippen molar-refractivity contribution in [1.82, 2.24) is 14.5 Å². The Morgan fingerprint density at radius 2 is 2.19 bits per heavy atom. The van der Waals surface area contributed by atoms with Crippen LogP contribution in [-0.4, -0.2) is 46.2 Å². The van der Waals surface area contributed by atoms with E-state index in [9.17, 15) is 9.59 Å². The fourth-order valence-corrected chi connectivity index (χ4v) is 3.52. The molecule has 0 aliphatic carbocycles. The zero-order valence-corrected chi connectivity index (χ0v) is 15.8. The maximum atomic E-state index is 12.9. The molecule has 1 fully saturated rings. The van der Waals surface area contributed by atoms with E-state index in [0.29, 0.717) is 30.7 Å². The highest BCUT2D eigenvalue weighted by Gasteiger charge is 2.26. The first-order valence-electron chi connectivity index (χ1n) is 8.49. The lowest BCUT2D eigenvalue weighted by molar-refractivity contribution is -0.136. The molecule has 2 heterocycles. The Hall–Kier alpha value is -2.24. The van der Waals surface area contributed by atoms with Crippen LogP contribution < -0.4 is 5.56 Å². The van der Waals surface area contributed by atoms with E-state index in [2.05, 4.69) is 27.0 Å². The summed E-state index contributed by atoms with van der Waals surface area (Å²) < 4.78 is 7.47. The Kier molecular flexibility index (Phi) is 6.01. The van der Waals surface area contributed by atoms with Crippen molar-refractivity contribution in [1.29, 1.82) is 5.26 Å². The Bertz CT molecular complexity index is 899. The standard InChI is InChI=1S/C18H19BrN4O3/c19-13-2-3-16-15(10-13)18(25)22(12-21-16)11-17(24)23(7-1-6-20)14-4-8-26-9-5-14/h2-3,10,12,14H,1,4-5,7-9,11H2. The molecular formula is C18H19BrN4O3. The quantitative estimate of drug-likeness (QED) is 0.741. The van der Waals surface area contributed by atoms with Gasteiger partial charge in [0.15, 0.2) is 0 Å². The van der Waals surface area contributed by atoms with Crippen LogP contribution in [-0.2, 0) is 16.1 Å². The second-order valence-electron chi connectivity index (χ2n) is 6.18. The van der Waals surface area contributed by atoms with Crippen molar-refractivity contribution in [2.75, 3.05) is 19.8 Å². The number of aromatic nitrogens is 2. The van der Waals surface area contributed by atoms with Gasteiger partial charge in [-0.15, -0.1) is 0 Å². The number of rotatable bonds is 5. The number of fused-ring (bicyclic) bond motifs is 1. The molecule has 1 saturated heterocycles. The fraction of sp³-hybridized carbons (Fsp3) is 0.444. The molecule has 0 N–H and O–H groups in total. The summed E-state index contributed by atoms with van der Waals surface area (Å²) in [5, 5.41) is 9.35. The van der Waals surface area contributed by atoms with E-state index >= 15 is 0 Å². The average Bonchev–Trinajstić information content (AvgIpc) is 2.65. The van der Waals surface area contributed by atoms with Gasteiger partial charge in [-0.2, -0.15) is 5.26 Å². The van der Waals surface area contributed by atoms with Crippen LogP contribution in [0.25, 0.3) is 10.9 Å². The van der Waals surface area contributed by atoms with Crippen LogP contribution in [0.2, 0.25) is 0 Å². The predicted octanol–water partition coefficient (Wildman–Crippen LogP) is 2.08. The molecule has 0 spiro atoms. The number of nitriles is 1. The van der Waals surface area contributed by atoms with Crippen molar-refractivity contribution in [3.63, 3.8) is 0 Å². The zero-order valence-electron chi connectivity index (χ0n) is 14.2. The molecule has 1 amide bonds. The molecule has 0 radical (unpaired) electrons. The summed E-state index contributed by atoms with van der Waals surface area (Å²) >= 11 is 3.35. The Morgan fingerprint density at radius 3 is 2.92 bits per heavy atom. The molecule has 1 aliphatic rings. The van der Waals surface area contributed by atoms with Gasteiger partial charge in [-0.1, -0.05) is 15.9 Å². The van der Waals surface area contributed by atoms with E-state index in [-0.39, 0.29) is 30.5 Å². The number of halogens is 1.